The second-order valence-electron chi connectivity index (χ2n) is 4.43. The van der Waals surface area contributed by atoms with Gasteiger partial charge in [-0.2, -0.15) is 0 Å². The maximum absolute atomic E-state index is 11.8. The Balaban J connectivity index is 1.75. The first-order chi connectivity index (χ1) is 7.25. The van der Waals surface area contributed by atoms with Crippen molar-refractivity contribution in [3.05, 3.63) is 0 Å². The Bertz CT molecular complexity index is 219. The Labute approximate surface area is 90.8 Å². The molecule has 0 unspecified atom stereocenters. The second-order valence-corrected chi connectivity index (χ2v) is 4.43. The van der Waals surface area contributed by atoms with Crippen molar-refractivity contribution in [3.63, 3.8) is 0 Å². The number of urea groups is 1. The standard InChI is InChI=1S/C10H20N4O/c1-13-4-6-14(7-5-13)10(15)12-9-2-3-11-8-9/h9,11H,2-8H2,1H3,(H,12,15)/t9-/m0/s1. The molecular formula is C10H20N4O. The number of hydrogen-bond donors (Lipinski definition) is 2. The third-order valence-electron chi connectivity index (χ3n) is 3.18. The quantitative estimate of drug-likeness (QED) is 0.604. The Morgan fingerprint density at radius 1 is 1.33 bits per heavy atom. The van der Waals surface area contributed by atoms with E-state index in [9.17, 15) is 4.79 Å². The summed E-state index contributed by atoms with van der Waals surface area (Å²) in [4.78, 5) is 16.0. The van der Waals surface area contributed by atoms with Crippen LogP contribution in [0, 0.1) is 0 Å². The summed E-state index contributed by atoms with van der Waals surface area (Å²) >= 11 is 0. The Morgan fingerprint density at radius 2 is 2.07 bits per heavy atom. The van der Waals surface area contributed by atoms with Crippen molar-refractivity contribution in [3.8, 4) is 0 Å². The normalized spacial score (nSPS) is 28.1. The van der Waals surface area contributed by atoms with Gasteiger partial charge in [-0.3, -0.25) is 0 Å². The topological polar surface area (TPSA) is 47.6 Å². The zero-order valence-corrected chi connectivity index (χ0v) is 9.33. The van der Waals surface area contributed by atoms with E-state index in [1.807, 2.05) is 4.90 Å². The fraction of sp³-hybridized carbons (Fsp3) is 0.900. The Kier molecular flexibility index (Phi) is 3.43. The summed E-state index contributed by atoms with van der Waals surface area (Å²) in [7, 11) is 2.09. The number of carbonyl (C=O) groups excluding carboxylic acids is 1. The van der Waals surface area contributed by atoms with Gasteiger partial charge in [0.2, 0.25) is 0 Å². The molecule has 0 bridgehead atoms. The minimum atomic E-state index is 0.108. The predicted octanol–water partition coefficient (Wildman–Crippen LogP) is -0.695. The number of piperazine rings is 1. The maximum Gasteiger partial charge on any atom is 0.317 e. The summed E-state index contributed by atoms with van der Waals surface area (Å²) in [5.74, 6) is 0. The molecule has 2 amide bonds. The number of amides is 2. The molecule has 2 heterocycles. The second kappa shape index (κ2) is 4.81. The highest BCUT2D eigenvalue weighted by molar-refractivity contribution is 5.74. The highest BCUT2D eigenvalue weighted by Gasteiger charge is 2.22. The van der Waals surface area contributed by atoms with Crippen LogP contribution in [-0.2, 0) is 0 Å². The van der Waals surface area contributed by atoms with Crippen molar-refractivity contribution in [2.75, 3.05) is 46.3 Å². The van der Waals surface area contributed by atoms with E-state index in [2.05, 4.69) is 22.6 Å². The molecule has 0 spiro atoms. The highest BCUT2D eigenvalue weighted by Crippen LogP contribution is 2.02. The average molecular weight is 212 g/mol. The van der Waals surface area contributed by atoms with Crippen LogP contribution in [0.5, 0.6) is 0 Å². The lowest BCUT2D eigenvalue weighted by molar-refractivity contribution is 0.152. The van der Waals surface area contributed by atoms with Gasteiger partial charge in [0, 0.05) is 38.8 Å². The molecule has 5 nitrogen and oxygen atoms in total. The van der Waals surface area contributed by atoms with Gasteiger partial charge in [-0.15, -0.1) is 0 Å². The molecule has 0 aromatic rings. The smallest absolute Gasteiger partial charge is 0.317 e. The van der Waals surface area contributed by atoms with Crippen molar-refractivity contribution in [1.82, 2.24) is 20.4 Å². The van der Waals surface area contributed by atoms with Crippen molar-refractivity contribution in [2.24, 2.45) is 0 Å². The van der Waals surface area contributed by atoms with E-state index in [1.54, 1.807) is 0 Å². The zero-order valence-electron chi connectivity index (χ0n) is 9.33. The van der Waals surface area contributed by atoms with Crippen LogP contribution in [0.3, 0.4) is 0 Å². The third-order valence-corrected chi connectivity index (χ3v) is 3.18. The van der Waals surface area contributed by atoms with E-state index >= 15 is 0 Å². The molecule has 2 fully saturated rings. The first-order valence-electron chi connectivity index (χ1n) is 5.70. The third kappa shape index (κ3) is 2.82. The molecule has 0 aromatic heterocycles. The van der Waals surface area contributed by atoms with Crippen LogP contribution in [0.25, 0.3) is 0 Å². The first-order valence-corrected chi connectivity index (χ1v) is 5.70. The molecule has 0 aromatic carbocycles. The van der Waals surface area contributed by atoms with Crippen molar-refractivity contribution in [2.45, 2.75) is 12.5 Å². The predicted molar refractivity (Wildman–Crippen MR) is 58.9 cm³/mol. The zero-order chi connectivity index (χ0) is 10.7. The number of nitrogens with one attached hydrogen (secondary N) is 2. The van der Waals surface area contributed by atoms with Crippen LogP contribution in [0.1, 0.15) is 6.42 Å². The molecular weight excluding hydrogens is 192 g/mol. The van der Waals surface area contributed by atoms with E-state index in [1.165, 1.54) is 0 Å². The van der Waals surface area contributed by atoms with Crippen LogP contribution < -0.4 is 10.6 Å². The van der Waals surface area contributed by atoms with Crippen molar-refractivity contribution >= 4 is 6.03 Å². The first kappa shape index (κ1) is 10.7. The van der Waals surface area contributed by atoms with E-state index in [0.29, 0.717) is 6.04 Å². The monoisotopic (exact) mass is 212 g/mol. The van der Waals surface area contributed by atoms with Crippen LogP contribution >= 0.6 is 0 Å². The van der Waals surface area contributed by atoms with Crippen LogP contribution in [0.4, 0.5) is 4.79 Å². The average Bonchev–Trinajstić information content (AvgIpc) is 2.71. The number of nitrogens with zero attached hydrogens (tertiary/aromatic N) is 2. The Hall–Kier alpha value is -0.810. The lowest BCUT2D eigenvalue weighted by atomic mass is 10.2. The van der Waals surface area contributed by atoms with E-state index in [4.69, 9.17) is 0 Å². The number of likely N-dealkylation sites (N-methyl/N-ethyl adjacent to an activating group) is 1. The molecule has 2 aliphatic rings. The molecule has 1 atom stereocenters. The molecule has 2 aliphatic heterocycles. The van der Waals surface area contributed by atoms with Gasteiger partial charge in [-0.1, -0.05) is 0 Å². The molecule has 15 heavy (non-hydrogen) atoms. The van der Waals surface area contributed by atoms with Gasteiger partial charge in [-0.05, 0) is 20.0 Å². The number of carbonyl (C=O) groups is 1. The molecule has 2 rings (SSSR count). The van der Waals surface area contributed by atoms with Gasteiger partial charge < -0.3 is 20.4 Å². The number of hydrogen-bond acceptors (Lipinski definition) is 3. The molecule has 0 aliphatic carbocycles. The van der Waals surface area contributed by atoms with Gasteiger partial charge in [0.25, 0.3) is 0 Å². The molecule has 5 heteroatoms. The molecule has 2 saturated heterocycles. The summed E-state index contributed by atoms with van der Waals surface area (Å²) in [6.45, 7) is 5.60. The summed E-state index contributed by atoms with van der Waals surface area (Å²) < 4.78 is 0. The van der Waals surface area contributed by atoms with Crippen LogP contribution in [-0.4, -0.2) is 68.2 Å². The largest absolute Gasteiger partial charge is 0.334 e. The summed E-state index contributed by atoms with van der Waals surface area (Å²) in [6, 6.07) is 0.439. The van der Waals surface area contributed by atoms with Crippen LogP contribution in [0.2, 0.25) is 0 Å². The van der Waals surface area contributed by atoms with Crippen LogP contribution in [0.15, 0.2) is 0 Å². The van der Waals surface area contributed by atoms with E-state index in [0.717, 1.165) is 45.7 Å². The fourth-order valence-electron chi connectivity index (χ4n) is 2.05. The van der Waals surface area contributed by atoms with Crippen molar-refractivity contribution in [1.29, 1.82) is 0 Å². The Morgan fingerprint density at radius 3 is 2.67 bits per heavy atom. The summed E-state index contributed by atoms with van der Waals surface area (Å²) in [5, 5.41) is 6.32. The summed E-state index contributed by atoms with van der Waals surface area (Å²) in [6.07, 6.45) is 1.06. The van der Waals surface area contributed by atoms with Gasteiger partial charge in [-0.25, -0.2) is 4.79 Å². The molecule has 2 N–H and O–H groups in total. The maximum atomic E-state index is 11.8. The number of rotatable bonds is 1. The van der Waals surface area contributed by atoms with E-state index < -0.39 is 0 Å². The lowest BCUT2D eigenvalue weighted by Crippen LogP contribution is -2.52. The van der Waals surface area contributed by atoms with Crippen molar-refractivity contribution < 1.29 is 4.79 Å². The SMILES string of the molecule is CN1CCN(C(=O)N[C@H]2CCNC2)CC1. The molecule has 0 saturated carbocycles. The minimum absolute atomic E-state index is 0.108. The highest BCUT2D eigenvalue weighted by atomic mass is 16.2. The molecule has 86 valence electrons. The lowest BCUT2D eigenvalue weighted by Gasteiger charge is -2.33. The van der Waals surface area contributed by atoms with Gasteiger partial charge in [0.05, 0.1) is 0 Å². The van der Waals surface area contributed by atoms with Gasteiger partial charge >= 0.3 is 6.03 Å². The van der Waals surface area contributed by atoms with E-state index in [-0.39, 0.29) is 6.03 Å². The minimum Gasteiger partial charge on any atom is -0.334 e. The molecule has 0 radical (unpaired) electrons. The summed E-state index contributed by atoms with van der Waals surface area (Å²) in [5.41, 5.74) is 0. The fourth-order valence-corrected chi connectivity index (χ4v) is 2.05. The van der Waals surface area contributed by atoms with Gasteiger partial charge in [0.1, 0.15) is 0 Å². The van der Waals surface area contributed by atoms with Gasteiger partial charge in [0.15, 0.2) is 0 Å².